The summed E-state index contributed by atoms with van der Waals surface area (Å²) in [5, 5.41) is 0. The van der Waals surface area contributed by atoms with Crippen LogP contribution in [0.25, 0.3) is 0 Å². The molecule has 154 valence electrons. The molecular weight excluding hydrogens is 452 g/mol. The van der Waals surface area contributed by atoms with Crippen molar-refractivity contribution >= 4 is 31.9 Å². The van der Waals surface area contributed by atoms with Gasteiger partial charge in [-0.2, -0.15) is 4.31 Å². The average molecular weight is 477 g/mol. The predicted octanol–water partition coefficient (Wildman–Crippen LogP) is 4.43. The van der Waals surface area contributed by atoms with Gasteiger partial charge in [-0.25, -0.2) is 8.42 Å². The van der Waals surface area contributed by atoms with Crippen LogP contribution in [-0.4, -0.2) is 42.7 Å². The highest BCUT2D eigenvalue weighted by Crippen LogP contribution is 2.32. The predicted molar refractivity (Wildman–Crippen MR) is 116 cm³/mol. The Kier molecular flexibility index (Phi) is 6.08. The fraction of sp³-hybridized carbons (Fsp3) is 0.409. The van der Waals surface area contributed by atoms with E-state index in [4.69, 9.17) is 0 Å². The number of hydrogen-bond acceptors (Lipinski definition) is 3. The van der Waals surface area contributed by atoms with E-state index in [0.717, 1.165) is 37.7 Å². The highest BCUT2D eigenvalue weighted by atomic mass is 79.9. The zero-order chi connectivity index (χ0) is 20.4. The molecule has 0 unspecified atom stereocenters. The van der Waals surface area contributed by atoms with Gasteiger partial charge in [-0.3, -0.25) is 4.79 Å². The molecule has 0 radical (unpaired) electrons. The van der Waals surface area contributed by atoms with Crippen LogP contribution in [-0.2, 0) is 16.6 Å². The highest BCUT2D eigenvalue weighted by Gasteiger charge is 2.34. The Bertz CT molecular complexity index is 984. The van der Waals surface area contributed by atoms with E-state index >= 15 is 0 Å². The number of rotatable bonds is 6. The first-order valence-electron chi connectivity index (χ1n) is 10.1. The lowest BCUT2D eigenvalue weighted by molar-refractivity contribution is 0.0728. The van der Waals surface area contributed by atoms with E-state index < -0.39 is 10.0 Å². The molecule has 1 saturated heterocycles. The maximum atomic E-state index is 13.4. The van der Waals surface area contributed by atoms with Crippen LogP contribution < -0.4 is 0 Å². The van der Waals surface area contributed by atoms with Crippen LogP contribution in [0.4, 0.5) is 0 Å². The molecule has 0 aromatic heterocycles. The van der Waals surface area contributed by atoms with Gasteiger partial charge in [0.1, 0.15) is 0 Å². The molecule has 2 aliphatic rings. The van der Waals surface area contributed by atoms with Crippen LogP contribution in [0.15, 0.2) is 57.9 Å². The van der Waals surface area contributed by atoms with Crippen molar-refractivity contribution in [1.82, 2.24) is 9.21 Å². The molecule has 1 aliphatic carbocycles. The summed E-state index contributed by atoms with van der Waals surface area (Å²) in [4.78, 5) is 15.5. The molecule has 4 rings (SSSR count). The third kappa shape index (κ3) is 4.57. The molecule has 0 atom stereocenters. The molecule has 0 spiro atoms. The summed E-state index contributed by atoms with van der Waals surface area (Å²) in [7, 11) is -3.58. The molecule has 29 heavy (non-hydrogen) atoms. The van der Waals surface area contributed by atoms with Gasteiger partial charge < -0.3 is 4.90 Å². The van der Waals surface area contributed by atoms with Gasteiger partial charge in [-0.05, 0) is 65.4 Å². The molecule has 7 heteroatoms. The van der Waals surface area contributed by atoms with Crippen LogP contribution in [0, 0.1) is 0 Å². The molecule has 5 nitrogen and oxygen atoms in total. The maximum absolute atomic E-state index is 13.4. The minimum atomic E-state index is -3.58. The van der Waals surface area contributed by atoms with Gasteiger partial charge in [0.2, 0.25) is 10.0 Å². The van der Waals surface area contributed by atoms with Crippen LogP contribution in [0.1, 0.15) is 48.0 Å². The van der Waals surface area contributed by atoms with Gasteiger partial charge in [-0.1, -0.05) is 36.8 Å². The fourth-order valence-corrected chi connectivity index (χ4v) is 5.73. The average Bonchev–Trinajstić information content (AvgIpc) is 3.58. The van der Waals surface area contributed by atoms with Crippen molar-refractivity contribution in [1.29, 1.82) is 0 Å². The summed E-state index contributed by atoms with van der Waals surface area (Å²) in [6.45, 7) is 1.62. The quantitative estimate of drug-likeness (QED) is 0.619. The number of piperidine rings is 1. The van der Waals surface area contributed by atoms with Gasteiger partial charge in [0.05, 0.1) is 10.5 Å². The van der Waals surface area contributed by atoms with Crippen molar-refractivity contribution in [2.45, 2.75) is 49.6 Å². The van der Waals surface area contributed by atoms with E-state index in [1.165, 1.54) is 10.4 Å². The number of nitrogens with zero attached hydrogens (tertiary/aromatic N) is 2. The lowest BCUT2D eigenvalue weighted by Crippen LogP contribution is -2.36. The van der Waals surface area contributed by atoms with E-state index in [9.17, 15) is 13.2 Å². The lowest BCUT2D eigenvalue weighted by atomic mass is 10.1. The first-order chi connectivity index (χ1) is 14.0. The summed E-state index contributed by atoms with van der Waals surface area (Å²) in [6.07, 6.45) is 4.80. The van der Waals surface area contributed by atoms with Crippen LogP contribution in [0.5, 0.6) is 0 Å². The second kappa shape index (κ2) is 8.58. The third-order valence-electron chi connectivity index (χ3n) is 5.57. The first kappa shape index (κ1) is 20.6. The normalized spacial score (nSPS) is 17.8. The van der Waals surface area contributed by atoms with Gasteiger partial charge in [0.25, 0.3) is 5.91 Å². The summed E-state index contributed by atoms with van der Waals surface area (Å²) < 4.78 is 28.3. The van der Waals surface area contributed by atoms with E-state index in [0.29, 0.717) is 29.7 Å². The molecule has 2 aromatic rings. The summed E-state index contributed by atoms with van der Waals surface area (Å²) in [6, 6.07) is 14.9. The minimum Gasteiger partial charge on any atom is -0.331 e. The number of amides is 1. The molecule has 0 bridgehead atoms. The Morgan fingerprint density at radius 3 is 2.38 bits per heavy atom. The zero-order valence-electron chi connectivity index (χ0n) is 16.3. The molecule has 1 amide bonds. The number of carbonyl (C=O) groups is 1. The smallest absolute Gasteiger partial charge is 0.255 e. The Labute approximate surface area is 180 Å². The Morgan fingerprint density at radius 1 is 1.03 bits per heavy atom. The van der Waals surface area contributed by atoms with E-state index in [1.54, 1.807) is 12.1 Å². The Morgan fingerprint density at radius 2 is 1.72 bits per heavy atom. The maximum Gasteiger partial charge on any atom is 0.255 e. The SMILES string of the molecule is O=C(c1cc(S(=O)(=O)N2CCCCC2)ccc1Br)N(Cc1ccccc1)C1CC1. The number of carbonyl (C=O) groups excluding carboxylic acids is 1. The van der Waals surface area contributed by atoms with Gasteiger partial charge in [-0.15, -0.1) is 0 Å². The topological polar surface area (TPSA) is 57.7 Å². The minimum absolute atomic E-state index is 0.126. The second-order valence-corrected chi connectivity index (χ2v) is 10.5. The van der Waals surface area contributed by atoms with Gasteiger partial charge in [0, 0.05) is 30.1 Å². The van der Waals surface area contributed by atoms with E-state index in [2.05, 4.69) is 15.9 Å². The number of benzene rings is 2. The van der Waals surface area contributed by atoms with E-state index in [1.807, 2.05) is 35.2 Å². The van der Waals surface area contributed by atoms with Crippen molar-refractivity contribution in [2.75, 3.05) is 13.1 Å². The van der Waals surface area contributed by atoms with Crippen LogP contribution in [0.3, 0.4) is 0 Å². The van der Waals surface area contributed by atoms with Crippen molar-refractivity contribution < 1.29 is 13.2 Å². The van der Waals surface area contributed by atoms with E-state index in [-0.39, 0.29) is 16.8 Å². The number of sulfonamides is 1. The second-order valence-electron chi connectivity index (χ2n) is 7.76. The van der Waals surface area contributed by atoms with Crippen molar-refractivity contribution in [3.8, 4) is 0 Å². The molecule has 1 heterocycles. The Balaban J connectivity index is 1.63. The fourth-order valence-electron chi connectivity index (χ4n) is 3.77. The van der Waals surface area contributed by atoms with Crippen molar-refractivity contribution in [3.63, 3.8) is 0 Å². The van der Waals surface area contributed by atoms with Gasteiger partial charge in [0.15, 0.2) is 0 Å². The number of halogens is 1. The first-order valence-corrected chi connectivity index (χ1v) is 12.3. The third-order valence-corrected chi connectivity index (χ3v) is 8.15. The monoisotopic (exact) mass is 476 g/mol. The lowest BCUT2D eigenvalue weighted by Gasteiger charge is -2.27. The van der Waals surface area contributed by atoms with Crippen LogP contribution >= 0.6 is 15.9 Å². The number of hydrogen-bond donors (Lipinski definition) is 0. The molecular formula is C22H25BrN2O3S. The van der Waals surface area contributed by atoms with Crippen LogP contribution in [0.2, 0.25) is 0 Å². The highest BCUT2D eigenvalue weighted by molar-refractivity contribution is 9.10. The zero-order valence-corrected chi connectivity index (χ0v) is 18.7. The summed E-state index contributed by atoms with van der Waals surface area (Å²) >= 11 is 3.46. The summed E-state index contributed by atoms with van der Waals surface area (Å²) in [5.41, 5.74) is 1.48. The largest absolute Gasteiger partial charge is 0.331 e. The Hall–Kier alpha value is -1.70. The van der Waals surface area contributed by atoms with Crippen molar-refractivity contribution in [3.05, 3.63) is 64.1 Å². The molecule has 2 fully saturated rings. The molecule has 0 N–H and O–H groups in total. The van der Waals surface area contributed by atoms with Crippen molar-refractivity contribution in [2.24, 2.45) is 0 Å². The standard InChI is InChI=1S/C22H25BrN2O3S/c23-21-12-11-19(29(27,28)24-13-5-2-6-14-24)15-20(21)22(26)25(18-9-10-18)16-17-7-3-1-4-8-17/h1,3-4,7-8,11-12,15,18H,2,5-6,9-10,13-14,16H2. The molecule has 1 saturated carbocycles. The van der Waals surface area contributed by atoms with Gasteiger partial charge >= 0.3 is 0 Å². The molecule has 2 aromatic carbocycles. The summed E-state index contributed by atoms with van der Waals surface area (Å²) in [5.74, 6) is -0.126. The molecule has 1 aliphatic heterocycles.